The van der Waals surface area contributed by atoms with E-state index in [4.69, 9.17) is 5.73 Å². The minimum atomic E-state index is -2.64. The molecule has 1 fully saturated rings. The minimum Gasteiger partial charge on any atom is -0.464 e. The molecule has 0 spiro atoms. The van der Waals surface area contributed by atoms with Crippen molar-refractivity contribution in [2.45, 2.75) is 37.6 Å². The number of nitrogens with two attached hydrogens (primary N) is 1. The molecule has 0 saturated heterocycles. The van der Waals surface area contributed by atoms with Gasteiger partial charge in [0, 0.05) is 12.8 Å². The number of aromatic nitrogens is 4. The molecule has 22 heavy (non-hydrogen) atoms. The smallest absolute Gasteiger partial charge is 0.359 e. The number of carbonyl (C=O) groups excluding carboxylic acids is 1. The van der Waals surface area contributed by atoms with Gasteiger partial charge in [-0.2, -0.15) is 5.10 Å². The SMILES string of the molecule is COC(=O)c1nn(C2CCC(F)(F)CC2)c2ncnc(N)c12. The number of alkyl halides is 2. The Balaban J connectivity index is 2.07. The minimum absolute atomic E-state index is 0.00735. The van der Waals surface area contributed by atoms with Gasteiger partial charge in [-0.05, 0) is 12.8 Å². The Morgan fingerprint density at radius 1 is 1.41 bits per heavy atom. The quantitative estimate of drug-likeness (QED) is 0.852. The van der Waals surface area contributed by atoms with Gasteiger partial charge in [0.25, 0.3) is 0 Å². The van der Waals surface area contributed by atoms with Crippen molar-refractivity contribution in [3.63, 3.8) is 0 Å². The van der Waals surface area contributed by atoms with Crippen molar-refractivity contribution < 1.29 is 18.3 Å². The van der Waals surface area contributed by atoms with E-state index in [9.17, 15) is 13.6 Å². The van der Waals surface area contributed by atoms with Crippen LogP contribution in [0.25, 0.3) is 11.0 Å². The van der Waals surface area contributed by atoms with Gasteiger partial charge >= 0.3 is 5.97 Å². The maximum Gasteiger partial charge on any atom is 0.359 e. The summed E-state index contributed by atoms with van der Waals surface area (Å²) in [5.41, 5.74) is 6.17. The Morgan fingerprint density at radius 2 is 2.09 bits per heavy atom. The van der Waals surface area contributed by atoms with Crippen LogP contribution in [0, 0.1) is 0 Å². The molecule has 2 N–H and O–H groups in total. The molecule has 1 saturated carbocycles. The van der Waals surface area contributed by atoms with Gasteiger partial charge in [-0.1, -0.05) is 0 Å². The molecular weight excluding hydrogens is 296 g/mol. The van der Waals surface area contributed by atoms with E-state index < -0.39 is 11.9 Å². The first-order valence-electron chi connectivity index (χ1n) is 6.88. The van der Waals surface area contributed by atoms with Crippen LogP contribution in [0.5, 0.6) is 0 Å². The van der Waals surface area contributed by atoms with E-state index in [-0.39, 0.29) is 43.2 Å². The largest absolute Gasteiger partial charge is 0.464 e. The molecule has 1 aliphatic rings. The van der Waals surface area contributed by atoms with Crippen molar-refractivity contribution in [2.24, 2.45) is 0 Å². The number of halogens is 2. The molecule has 0 unspecified atom stereocenters. The summed E-state index contributed by atoms with van der Waals surface area (Å²) in [7, 11) is 1.23. The number of nitrogens with zero attached hydrogens (tertiary/aromatic N) is 4. The average molecular weight is 311 g/mol. The van der Waals surface area contributed by atoms with E-state index >= 15 is 0 Å². The summed E-state index contributed by atoms with van der Waals surface area (Å²) in [4.78, 5) is 19.8. The molecule has 2 heterocycles. The molecule has 9 heteroatoms. The van der Waals surface area contributed by atoms with Crippen molar-refractivity contribution in [3.8, 4) is 0 Å². The summed E-state index contributed by atoms with van der Waals surface area (Å²) in [6.07, 6.45) is 1.34. The third kappa shape index (κ3) is 2.36. The van der Waals surface area contributed by atoms with Gasteiger partial charge < -0.3 is 10.5 Å². The summed E-state index contributed by atoms with van der Waals surface area (Å²) in [6, 6.07) is -0.255. The van der Waals surface area contributed by atoms with Crippen molar-refractivity contribution in [1.82, 2.24) is 19.7 Å². The number of hydrogen-bond acceptors (Lipinski definition) is 6. The van der Waals surface area contributed by atoms with E-state index in [1.807, 2.05) is 0 Å². The number of nitrogen functional groups attached to an aromatic ring is 1. The third-order valence-corrected chi connectivity index (χ3v) is 3.93. The predicted molar refractivity (Wildman–Crippen MR) is 73.5 cm³/mol. The number of carbonyl (C=O) groups is 1. The monoisotopic (exact) mass is 311 g/mol. The Labute approximate surface area is 124 Å². The predicted octanol–water partition coefficient (Wildman–Crippen LogP) is 1.95. The molecule has 0 aromatic carbocycles. The number of esters is 1. The fourth-order valence-corrected chi connectivity index (χ4v) is 2.76. The van der Waals surface area contributed by atoms with Gasteiger partial charge in [0.05, 0.1) is 18.5 Å². The van der Waals surface area contributed by atoms with Crippen LogP contribution >= 0.6 is 0 Å². The van der Waals surface area contributed by atoms with E-state index in [1.54, 1.807) is 0 Å². The molecule has 3 rings (SSSR count). The second-order valence-corrected chi connectivity index (χ2v) is 5.33. The standard InChI is InChI=1S/C13H15F2N5O2/c1-22-12(21)9-8-10(16)17-6-18-11(8)20(19-9)7-2-4-13(14,15)5-3-7/h6-7H,2-5H2,1H3,(H2,16,17,18). The van der Waals surface area contributed by atoms with Crippen LogP contribution in [-0.2, 0) is 4.74 Å². The molecule has 0 aliphatic heterocycles. The second-order valence-electron chi connectivity index (χ2n) is 5.33. The summed E-state index contributed by atoms with van der Waals surface area (Å²) < 4.78 is 32.8. The van der Waals surface area contributed by atoms with Gasteiger partial charge in [-0.15, -0.1) is 0 Å². The summed E-state index contributed by atoms with van der Waals surface area (Å²) in [5, 5.41) is 4.50. The Morgan fingerprint density at radius 3 is 2.73 bits per heavy atom. The maximum absolute atomic E-state index is 13.3. The van der Waals surface area contributed by atoms with E-state index in [0.29, 0.717) is 11.0 Å². The summed E-state index contributed by atoms with van der Waals surface area (Å²) in [6.45, 7) is 0. The first kappa shape index (κ1) is 14.6. The van der Waals surface area contributed by atoms with Gasteiger partial charge in [0.15, 0.2) is 11.3 Å². The lowest BCUT2D eigenvalue weighted by Gasteiger charge is -2.28. The molecule has 7 nitrogen and oxygen atoms in total. The second kappa shape index (κ2) is 5.15. The molecule has 2 aromatic rings. The van der Waals surface area contributed by atoms with Gasteiger partial charge in [0.2, 0.25) is 5.92 Å². The average Bonchev–Trinajstić information content (AvgIpc) is 2.87. The Kier molecular flexibility index (Phi) is 3.42. The van der Waals surface area contributed by atoms with Crippen LogP contribution in [0.15, 0.2) is 6.33 Å². The molecule has 0 radical (unpaired) electrons. The van der Waals surface area contributed by atoms with Crippen LogP contribution in [0.3, 0.4) is 0 Å². The lowest BCUT2D eigenvalue weighted by atomic mass is 9.92. The van der Waals surface area contributed by atoms with Gasteiger partial charge in [-0.3, -0.25) is 0 Å². The van der Waals surface area contributed by atoms with E-state index in [1.165, 1.54) is 18.1 Å². The molecular formula is C13H15F2N5O2. The lowest BCUT2D eigenvalue weighted by Crippen LogP contribution is -2.27. The zero-order valence-corrected chi connectivity index (χ0v) is 11.9. The highest BCUT2D eigenvalue weighted by atomic mass is 19.3. The van der Waals surface area contributed by atoms with Crippen molar-refractivity contribution in [3.05, 3.63) is 12.0 Å². The van der Waals surface area contributed by atoms with E-state index in [0.717, 1.165) is 0 Å². The zero-order chi connectivity index (χ0) is 15.9. The number of rotatable bonds is 2. The Bertz CT molecular complexity index is 721. The number of ether oxygens (including phenoxy) is 1. The van der Waals surface area contributed by atoms with Crippen molar-refractivity contribution >= 4 is 22.8 Å². The van der Waals surface area contributed by atoms with Crippen LogP contribution in [-0.4, -0.2) is 38.8 Å². The van der Waals surface area contributed by atoms with Crippen LogP contribution in [0.1, 0.15) is 42.2 Å². The zero-order valence-electron chi connectivity index (χ0n) is 11.9. The first-order chi connectivity index (χ1) is 10.4. The molecule has 2 aromatic heterocycles. The number of anilines is 1. The molecule has 0 amide bonds. The van der Waals surface area contributed by atoms with Crippen molar-refractivity contribution in [2.75, 3.05) is 12.8 Å². The summed E-state index contributed by atoms with van der Waals surface area (Å²) in [5.74, 6) is -3.19. The van der Waals surface area contributed by atoms with Gasteiger partial charge in [0.1, 0.15) is 12.1 Å². The number of fused-ring (bicyclic) bond motifs is 1. The molecule has 118 valence electrons. The highest BCUT2D eigenvalue weighted by Gasteiger charge is 2.37. The third-order valence-electron chi connectivity index (χ3n) is 3.93. The van der Waals surface area contributed by atoms with Gasteiger partial charge in [-0.25, -0.2) is 28.2 Å². The van der Waals surface area contributed by atoms with Crippen molar-refractivity contribution in [1.29, 1.82) is 0 Å². The highest BCUT2D eigenvalue weighted by Crippen LogP contribution is 2.39. The molecule has 0 bridgehead atoms. The molecule has 0 atom stereocenters. The highest BCUT2D eigenvalue weighted by molar-refractivity contribution is 6.05. The number of methoxy groups -OCH3 is 1. The first-order valence-corrected chi connectivity index (χ1v) is 6.88. The normalized spacial score (nSPS) is 18.5. The lowest BCUT2D eigenvalue weighted by molar-refractivity contribution is -0.0447. The van der Waals surface area contributed by atoms with Crippen LogP contribution in [0.2, 0.25) is 0 Å². The number of hydrogen-bond donors (Lipinski definition) is 1. The van der Waals surface area contributed by atoms with E-state index in [2.05, 4.69) is 19.8 Å². The topological polar surface area (TPSA) is 95.9 Å². The Hall–Kier alpha value is -2.32. The van der Waals surface area contributed by atoms with Crippen LogP contribution < -0.4 is 5.73 Å². The fourth-order valence-electron chi connectivity index (χ4n) is 2.76. The maximum atomic E-state index is 13.3. The summed E-state index contributed by atoms with van der Waals surface area (Å²) >= 11 is 0. The van der Waals surface area contributed by atoms with Crippen LogP contribution in [0.4, 0.5) is 14.6 Å². The molecule has 1 aliphatic carbocycles. The fraction of sp³-hybridized carbons (Fsp3) is 0.538.